The first-order valence-electron chi connectivity index (χ1n) is 11.7. The quantitative estimate of drug-likeness (QED) is 0.248. The van der Waals surface area contributed by atoms with Crippen LogP contribution in [0.4, 0.5) is 5.69 Å². The summed E-state index contributed by atoms with van der Waals surface area (Å²) >= 11 is 0. The number of hydrogen-bond donors (Lipinski definition) is 1. The number of ether oxygens (including phenoxy) is 3. The van der Waals surface area contributed by atoms with Gasteiger partial charge in [-0.1, -0.05) is 42.5 Å². The van der Waals surface area contributed by atoms with Crippen LogP contribution in [0, 0.1) is 0 Å². The topological polar surface area (TPSA) is 76.7 Å². The molecule has 1 heterocycles. The summed E-state index contributed by atoms with van der Waals surface area (Å²) in [4.78, 5) is 22.5. The maximum atomic E-state index is 11.9. The minimum absolute atomic E-state index is 0.295. The number of aryl methyl sites for hydroxylation is 2. The Morgan fingerprint density at radius 1 is 0.944 bits per heavy atom. The van der Waals surface area contributed by atoms with Crippen molar-refractivity contribution in [2.75, 3.05) is 33.2 Å². The van der Waals surface area contributed by atoms with Gasteiger partial charge in [-0.05, 0) is 36.6 Å². The van der Waals surface area contributed by atoms with E-state index >= 15 is 0 Å². The number of aromatic nitrogens is 2. The fourth-order valence-electron chi connectivity index (χ4n) is 4.06. The molecule has 0 bridgehead atoms. The number of imidazole rings is 1. The Morgan fingerprint density at radius 2 is 1.67 bits per heavy atom. The average Bonchev–Trinajstić information content (AvgIpc) is 3.32. The number of rotatable bonds is 9. The first kappa shape index (κ1) is 24.9. The second-order valence-electron chi connectivity index (χ2n) is 8.64. The van der Waals surface area contributed by atoms with Crippen molar-refractivity contribution in [3.05, 3.63) is 78.0 Å². The van der Waals surface area contributed by atoms with Gasteiger partial charge in [0.25, 0.3) is 0 Å². The number of nitrogens with zero attached hydrogens (tertiary/aromatic N) is 2. The highest BCUT2D eigenvalue weighted by atomic mass is 16.6. The molecule has 0 amide bonds. The fraction of sp³-hybridized carbons (Fsp3) is 0.241. The molecule has 0 fully saturated rings. The Labute approximate surface area is 211 Å². The summed E-state index contributed by atoms with van der Waals surface area (Å²) in [5, 5.41) is 0. The van der Waals surface area contributed by atoms with E-state index < -0.39 is 5.97 Å². The van der Waals surface area contributed by atoms with Crippen molar-refractivity contribution in [1.82, 2.24) is 9.97 Å². The van der Waals surface area contributed by atoms with Gasteiger partial charge in [0.1, 0.15) is 11.6 Å². The van der Waals surface area contributed by atoms with E-state index in [2.05, 4.69) is 46.3 Å². The van der Waals surface area contributed by atoms with Gasteiger partial charge in [0.2, 0.25) is 0 Å². The standard InChI is InChI=1S/C29H31N3O4/c1-19(33)36-28-24(17-23(34-4)18-26(28)35-5)29-30-25(16-11-20-9-7-6-8-10-20)27(31-29)21-12-14-22(15-13-21)32(2)3/h6-10,12-15,17-18H,11,16H2,1-5H3,(H,30,31). The van der Waals surface area contributed by atoms with Gasteiger partial charge in [0, 0.05) is 44.0 Å². The van der Waals surface area contributed by atoms with Crippen molar-refractivity contribution < 1.29 is 19.0 Å². The second-order valence-corrected chi connectivity index (χ2v) is 8.64. The molecule has 0 aliphatic rings. The summed E-state index contributed by atoms with van der Waals surface area (Å²) < 4.78 is 16.5. The molecule has 0 radical (unpaired) electrons. The van der Waals surface area contributed by atoms with E-state index in [0.717, 1.165) is 35.5 Å². The number of H-pyrrole nitrogens is 1. The molecular formula is C29H31N3O4. The molecule has 0 saturated carbocycles. The maximum Gasteiger partial charge on any atom is 0.308 e. The van der Waals surface area contributed by atoms with Crippen molar-refractivity contribution in [3.8, 4) is 39.9 Å². The highest BCUT2D eigenvalue weighted by molar-refractivity contribution is 5.80. The summed E-state index contributed by atoms with van der Waals surface area (Å²) in [5.41, 5.74) is 5.76. The van der Waals surface area contributed by atoms with E-state index in [-0.39, 0.29) is 0 Å². The lowest BCUT2D eigenvalue weighted by Crippen LogP contribution is -2.08. The van der Waals surface area contributed by atoms with Crippen LogP contribution in [0.2, 0.25) is 0 Å². The third kappa shape index (κ3) is 5.51. The van der Waals surface area contributed by atoms with E-state index in [1.165, 1.54) is 19.6 Å². The summed E-state index contributed by atoms with van der Waals surface area (Å²) in [6.07, 6.45) is 1.61. The predicted molar refractivity (Wildman–Crippen MR) is 142 cm³/mol. The molecule has 4 aromatic rings. The van der Waals surface area contributed by atoms with Crippen molar-refractivity contribution in [2.24, 2.45) is 0 Å². The molecule has 0 saturated heterocycles. The lowest BCUT2D eigenvalue weighted by atomic mass is 10.0. The molecule has 1 aromatic heterocycles. The molecular weight excluding hydrogens is 454 g/mol. The SMILES string of the molecule is COc1cc(OC)c(OC(C)=O)c(-c2nc(-c3ccc(N(C)C)cc3)c(CCc3ccccc3)[nH]2)c1. The van der Waals surface area contributed by atoms with Gasteiger partial charge in [0.15, 0.2) is 11.5 Å². The van der Waals surface area contributed by atoms with Crippen LogP contribution in [0.1, 0.15) is 18.2 Å². The first-order valence-corrected chi connectivity index (χ1v) is 11.7. The van der Waals surface area contributed by atoms with E-state index in [4.69, 9.17) is 19.2 Å². The second kappa shape index (κ2) is 11.0. The molecule has 0 unspecified atom stereocenters. The van der Waals surface area contributed by atoms with E-state index in [9.17, 15) is 4.79 Å². The maximum absolute atomic E-state index is 11.9. The highest BCUT2D eigenvalue weighted by Gasteiger charge is 2.22. The third-order valence-corrected chi connectivity index (χ3v) is 5.93. The van der Waals surface area contributed by atoms with Gasteiger partial charge < -0.3 is 24.1 Å². The Balaban J connectivity index is 1.83. The van der Waals surface area contributed by atoms with E-state index in [0.29, 0.717) is 28.6 Å². The monoisotopic (exact) mass is 485 g/mol. The van der Waals surface area contributed by atoms with Crippen LogP contribution < -0.4 is 19.1 Å². The third-order valence-electron chi connectivity index (χ3n) is 5.93. The molecule has 0 aliphatic heterocycles. The Hall–Kier alpha value is -4.26. The van der Waals surface area contributed by atoms with E-state index in [1.807, 2.05) is 32.3 Å². The van der Waals surface area contributed by atoms with Crippen LogP contribution in [0.3, 0.4) is 0 Å². The van der Waals surface area contributed by atoms with Gasteiger partial charge >= 0.3 is 5.97 Å². The molecule has 4 rings (SSSR count). The summed E-state index contributed by atoms with van der Waals surface area (Å²) in [6, 6.07) is 22.1. The molecule has 3 aromatic carbocycles. The summed E-state index contributed by atoms with van der Waals surface area (Å²) in [5.74, 6) is 1.37. The van der Waals surface area contributed by atoms with Crippen LogP contribution in [-0.2, 0) is 17.6 Å². The van der Waals surface area contributed by atoms with Crippen LogP contribution in [0.5, 0.6) is 17.2 Å². The van der Waals surface area contributed by atoms with Gasteiger partial charge in [-0.25, -0.2) is 4.98 Å². The average molecular weight is 486 g/mol. The van der Waals surface area contributed by atoms with Crippen molar-refractivity contribution in [3.63, 3.8) is 0 Å². The van der Waals surface area contributed by atoms with Gasteiger partial charge in [-0.2, -0.15) is 0 Å². The molecule has 7 heteroatoms. The molecule has 0 aliphatic carbocycles. The number of hydrogen-bond acceptors (Lipinski definition) is 6. The highest BCUT2D eigenvalue weighted by Crippen LogP contribution is 2.42. The first-order chi connectivity index (χ1) is 17.4. The van der Waals surface area contributed by atoms with Crippen LogP contribution in [0.15, 0.2) is 66.7 Å². The number of anilines is 1. The van der Waals surface area contributed by atoms with Gasteiger partial charge in [0.05, 0.1) is 25.5 Å². The van der Waals surface area contributed by atoms with Crippen molar-refractivity contribution >= 4 is 11.7 Å². The van der Waals surface area contributed by atoms with Crippen molar-refractivity contribution in [1.29, 1.82) is 0 Å². The molecule has 7 nitrogen and oxygen atoms in total. The number of esters is 1. The largest absolute Gasteiger partial charge is 0.497 e. The Bertz CT molecular complexity index is 1330. The fourth-order valence-corrected chi connectivity index (χ4v) is 4.06. The zero-order chi connectivity index (χ0) is 25.7. The van der Waals surface area contributed by atoms with Crippen LogP contribution in [-0.4, -0.2) is 44.3 Å². The number of nitrogens with one attached hydrogen (secondary N) is 1. The molecule has 0 spiro atoms. The molecule has 186 valence electrons. The summed E-state index contributed by atoms with van der Waals surface area (Å²) in [6.45, 7) is 1.36. The minimum atomic E-state index is -0.449. The number of carbonyl (C=O) groups is 1. The number of carbonyl (C=O) groups excluding carboxylic acids is 1. The number of benzene rings is 3. The number of methoxy groups -OCH3 is 2. The lowest BCUT2D eigenvalue weighted by molar-refractivity contribution is -0.131. The predicted octanol–water partition coefficient (Wildman–Crippen LogP) is 5.54. The normalized spacial score (nSPS) is 10.7. The Kier molecular flexibility index (Phi) is 7.59. The molecule has 0 atom stereocenters. The lowest BCUT2D eigenvalue weighted by Gasteiger charge is -2.14. The molecule has 36 heavy (non-hydrogen) atoms. The summed E-state index contributed by atoms with van der Waals surface area (Å²) in [7, 11) is 7.13. The Morgan fingerprint density at radius 3 is 2.28 bits per heavy atom. The van der Waals surface area contributed by atoms with Crippen molar-refractivity contribution in [2.45, 2.75) is 19.8 Å². The van der Waals surface area contributed by atoms with Crippen LogP contribution in [0.25, 0.3) is 22.6 Å². The van der Waals surface area contributed by atoms with Gasteiger partial charge in [-0.15, -0.1) is 0 Å². The smallest absolute Gasteiger partial charge is 0.308 e. The zero-order valence-electron chi connectivity index (χ0n) is 21.3. The number of aromatic amines is 1. The van der Waals surface area contributed by atoms with E-state index in [1.54, 1.807) is 19.2 Å². The van der Waals surface area contributed by atoms with Crippen LogP contribution >= 0.6 is 0 Å². The molecule has 1 N–H and O–H groups in total. The van der Waals surface area contributed by atoms with Gasteiger partial charge in [-0.3, -0.25) is 4.79 Å². The minimum Gasteiger partial charge on any atom is -0.497 e. The zero-order valence-corrected chi connectivity index (χ0v) is 21.3.